The number of hydrazine groups is 1. The fraction of sp³-hybridized carbons (Fsp3) is 0.500. The molecule has 1 aromatic carbocycles. The highest BCUT2D eigenvalue weighted by molar-refractivity contribution is 6.37. The number of halogens is 1. The van der Waals surface area contributed by atoms with Crippen molar-refractivity contribution < 1.29 is 15.0 Å². The number of phenols is 2. The molecule has 1 aliphatic rings. The first-order chi connectivity index (χ1) is 9.18. The lowest BCUT2D eigenvalue weighted by Gasteiger charge is -2.41. The van der Waals surface area contributed by atoms with Gasteiger partial charge in [-0.2, -0.15) is 0 Å². The van der Waals surface area contributed by atoms with Gasteiger partial charge in [0.25, 0.3) is 0 Å². The smallest absolute Gasteiger partial charge is 0.185 e. The Kier molecular flexibility index (Phi) is 3.60. The molecule has 3 N–H and O–H groups in total. The number of phenolic OH excluding ortho intramolecular Hbond substituents is 2. The van der Waals surface area contributed by atoms with Crippen molar-refractivity contribution in [3.63, 3.8) is 0 Å². The Balaban J connectivity index is 2.67. The van der Waals surface area contributed by atoms with Crippen molar-refractivity contribution in [1.29, 1.82) is 0 Å². The number of benzene rings is 1. The maximum atomic E-state index is 12.6. The lowest BCUT2D eigenvalue weighted by molar-refractivity contribution is 0.0850. The molecule has 0 bridgehead atoms. The monoisotopic (exact) mass is 298 g/mol. The average molecular weight is 299 g/mol. The van der Waals surface area contributed by atoms with E-state index in [9.17, 15) is 15.0 Å². The van der Waals surface area contributed by atoms with Gasteiger partial charge in [0.15, 0.2) is 17.3 Å². The Labute approximate surface area is 123 Å². The molecule has 0 aromatic heterocycles. The van der Waals surface area contributed by atoms with Crippen LogP contribution >= 0.6 is 11.6 Å². The number of fused-ring (bicyclic) bond motifs is 1. The SMILES string of the molecule is CCN1NC(C(C)(C)C)C(=O)c2c1cc(O)c(O)c2Cl. The molecule has 110 valence electrons. The van der Waals surface area contributed by atoms with Crippen LogP contribution in [0.4, 0.5) is 5.69 Å². The van der Waals surface area contributed by atoms with Gasteiger partial charge in [-0.1, -0.05) is 32.4 Å². The van der Waals surface area contributed by atoms with E-state index in [1.54, 1.807) is 5.01 Å². The number of anilines is 1. The van der Waals surface area contributed by atoms with E-state index < -0.39 is 11.8 Å². The number of aromatic hydroxyl groups is 2. The van der Waals surface area contributed by atoms with E-state index in [2.05, 4.69) is 5.43 Å². The summed E-state index contributed by atoms with van der Waals surface area (Å²) in [5.74, 6) is -0.974. The summed E-state index contributed by atoms with van der Waals surface area (Å²) in [6, 6.07) is 0.903. The Morgan fingerprint density at radius 2 is 2.00 bits per heavy atom. The van der Waals surface area contributed by atoms with Crippen LogP contribution in [-0.4, -0.2) is 28.6 Å². The number of ketones is 1. The summed E-state index contributed by atoms with van der Waals surface area (Å²) >= 11 is 6.06. The summed E-state index contributed by atoms with van der Waals surface area (Å²) in [5.41, 5.74) is 3.59. The van der Waals surface area contributed by atoms with Crippen molar-refractivity contribution >= 4 is 23.1 Å². The Morgan fingerprint density at radius 1 is 1.40 bits per heavy atom. The molecule has 6 heteroatoms. The van der Waals surface area contributed by atoms with Crippen LogP contribution in [-0.2, 0) is 0 Å². The third-order valence-corrected chi connectivity index (χ3v) is 3.83. The van der Waals surface area contributed by atoms with Gasteiger partial charge in [-0.15, -0.1) is 0 Å². The molecule has 0 spiro atoms. The van der Waals surface area contributed by atoms with Crippen LogP contribution in [0.1, 0.15) is 38.1 Å². The van der Waals surface area contributed by atoms with Gasteiger partial charge in [0.1, 0.15) is 0 Å². The molecule has 2 rings (SSSR count). The highest BCUT2D eigenvalue weighted by atomic mass is 35.5. The molecule has 1 aliphatic heterocycles. The second-order valence-electron chi connectivity index (χ2n) is 5.99. The maximum Gasteiger partial charge on any atom is 0.185 e. The highest BCUT2D eigenvalue weighted by Gasteiger charge is 2.40. The fourth-order valence-corrected chi connectivity index (χ4v) is 2.62. The zero-order valence-electron chi connectivity index (χ0n) is 12.0. The summed E-state index contributed by atoms with van der Waals surface area (Å²) in [7, 11) is 0. The van der Waals surface area contributed by atoms with Gasteiger partial charge in [0.05, 0.1) is 22.3 Å². The number of carbonyl (C=O) groups is 1. The number of carbonyl (C=O) groups excluding carboxylic acids is 1. The maximum absolute atomic E-state index is 12.6. The zero-order chi connectivity index (χ0) is 15.2. The van der Waals surface area contributed by atoms with Gasteiger partial charge in [0, 0.05) is 12.6 Å². The molecule has 0 saturated carbocycles. The third kappa shape index (κ3) is 2.21. The van der Waals surface area contributed by atoms with Crippen molar-refractivity contribution in [2.75, 3.05) is 11.6 Å². The molecular weight excluding hydrogens is 280 g/mol. The number of hydrogen-bond donors (Lipinski definition) is 3. The van der Waals surface area contributed by atoms with E-state index in [-0.39, 0.29) is 27.5 Å². The van der Waals surface area contributed by atoms with E-state index >= 15 is 0 Å². The molecule has 1 aromatic rings. The van der Waals surface area contributed by atoms with Crippen LogP contribution in [0.25, 0.3) is 0 Å². The highest BCUT2D eigenvalue weighted by Crippen LogP contribution is 2.44. The number of Topliss-reactive ketones (excluding diaryl/α,β-unsaturated/α-hetero) is 1. The summed E-state index contributed by atoms with van der Waals surface area (Å²) in [4.78, 5) is 12.6. The quantitative estimate of drug-likeness (QED) is 0.695. The minimum Gasteiger partial charge on any atom is -0.504 e. The van der Waals surface area contributed by atoms with Crippen LogP contribution in [0.3, 0.4) is 0 Å². The summed E-state index contributed by atoms with van der Waals surface area (Å²) in [6.07, 6.45) is 0. The zero-order valence-corrected chi connectivity index (χ0v) is 12.7. The van der Waals surface area contributed by atoms with E-state index in [0.717, 1.165) is 0 Å². The molecule has 0 saturated heterocycles. The second-order valence-corrected chi connectivity index (χ2v) is 6.37. The predicted octanol–water partition coefficient (Wildman–Crippen LogP) is 2.69. The van der Waals surface area contributed by atoms with Gasteiger partial charge >= 0.3 is 0 Å². The van der Waals surface area contributed by atoms with E-state index in [1.165, 1.54) is 6.07 Å². The largest absolute Gasteiger partial charge is 0.504 e. The van der Waals surface area contributed by atoms with Crippen LogP contribution < -0.4 is 10.4 Å². The molecule has 1 heterocycles. The summed E-state index contributed by atoms with van der Waals surface area (Å²) in [6.45, 7) is 8.37. The van der Waals surface area contributed by atoms with Gasteiger partial charge < -0.3 is 15.2 Å². The minimum absolute atomic E-state index is 0.0980. The topological polar surface area (TPSA) is 72.8 Å². The lowest BCUT2D eigenvalue weighted by atomic mass is 9.81. The molecule has 0 radical (unpaired) electrons. The van der Waals surface area contributed by atoms with Crippen molar-refractivity contribution in [3.8, 4) is 11.5 Å². The van der Waals surface area contributed by atoms with E-state index in [0.29, 0.717) is 12.2 Å². The van der Waals surface area contributed by atoms with Gasteiger partial charge in [-0.3, -0.25) is 4.79 Å². The standard InChI is InChI=1S/C14H19ClN2O3/c1-5-17-7-6-8(18)11(19)10(15)9(7)12(20)13(16-17)14(2,3)4/h6,13,16,18-19H,5H2,1-4H3. The van der Waals surface area contributed by atoms with Gasteiger partial charge in [-0.25, -0.2) is 5.43 Å². The predicted molar refractivity (Wildman–Crippen MR) is 78.5 cm³/mol. The summed E-state index contributed by atoms with van der Waals surface area (Å²) in [5, 5.41) is 21.1. The van der Waals surface area contributed by atoms with Crippen molar-refractivity contribution in [1.82, 2.24) is 5.43 Å². The summed E-state index contributed by atoms with van der Waals surface area (Å²) < 4.78 is 0. The first-order valence-corrected chi connectivity index (χ1v) is 6.88. The second kappa shape index (κ2) is 4.82. The van der Waals surface area contributed by atoms with Crippen molar-refractivity contribution in [2.45, 2.75) is 33.7 Å². The molecule has 0 fully saturated rings. The van der Waals surface area contributed by atoms with Crippen LogP contribution in [0.15, 0.2) is 6.07 Å². The third-order valence-electron chi connectivity index (χ3n) is 3.47. The van der Waals surface area contributed by atoms with E-state index in [4.69, 9.17) is 11.6 Å². The average Bonchev–Trinajstić information content (AvgIpc) is 2.34. The van der Waals surface area contributed by atoms with Crippen LogP contribution in [0, 0.1) is 5.41 Å². The molecular formula is C14H19ClN2O3. The first-order valence-electron chi connectivity index (χ1n) is 6.50. The Bertz CT molecular complexity index is 567. The Hall–Kier alpha value is -1.46. The number of nitrogens with zero attached hydrogens (tertiary/aromatic N) is 1. The minimum atomic E-state index is -0.454. The molecule has 1 unspecified atom stereocenters. The van der Waals surface area contributed by atoms with E-state index in [1.807, 2.05) is 27.7 Å². The molecule has 0 aliphatic carbocycles. The van der Waals surface area contributed by atoms with Crippen molar-refractivity contribution in [3.05, 3.63) is 16.7 Å². The van der Waals surface area contributed by atoms with Gasteiger partial charge in [-0.05, 0) is 12.3 Å². The molecule has 0 amide bonds. The van der Waals surface area contributed by atoms with Gasteiger partial charge in [0.2, 0.25) is 0 Å². The lowest BCUT2D eigenvalue weighted by Crippen LogP contribution is -2.58. The number of rotatable bonds is 1. The molecule has 5 nitrogen and oxygen atoms in total. The Morgan fingerprint density at radius 3 is 2.50 bits per heavy atom. The first kappa shape index (κ1) is 14.9. The van der Waals surface area contributed by atoms with Crippen molar-refractivity contribution in [2.24, 2.45) is 5.41 Å². The fourth-order valence-electron chi connectivity index (χ4n) is 2.34. The van der Waals surface area contributed by atoms with Crippen LogP contribution in [0.5, 0.6) is 11.5 Å². The normalized spacial score (nSPS) is 19.1. The molecule has 20 heavy (non-hydrogen) atoms. The molecule has 1 atom stereocenters. The number of nitrogens with one attached hydrogen (secondary N) is 1. The number of hydrogen-bond acceptors (Lipinski definition) is 5. The van der Waals surface area contributed by atoms with Crippen LogP contribution in [0.2, 0.25) is 5.02 Å².